The summed E-state index contributed by atoms with van der Waals surface area (Å²) >= 11 is 0. The van der Waals surface area contributed by atoms with E-state index in [4.69, 9.17) is 0 Å². The van der Waals surface area contributed by atoms with Crippen LogP contribution < -0.4 is 0 Å². The van der Waals surface area contributed by atoms with Gasteiger partial charge in [0.05, 0.1) is 0 Å². The highest BCUT2D eigenvalue weighted by Gasteiger charge is 2.23. The van der Waals surface area contributed by atoms with Gasteiger partial charge < -0.3 is 9.69 Å². The van der Waals surface area contributed by atoms with E-state index >= 15 is 0 Å². The molecule has 0 saturated carbocycles. The molecule has 2 nitrogen and oxygen atoms in total. The molecule has 1 heterocycles. The highest BCUT2D eigenvalue weighted by molar-refractivity contribution is 5.53. The van der Waals surface area contributed by atoms with Gasteiger partial charge in [-0.3, -0.25) is 0 Å². The zero-order chi connectivity index (χ0) is 8.97. The Labute approximate surface area is 74.9 Å². The maximum atomic E-state index is 10.6. The summed E-state index contributed by atoms with van der Waals surface area (Å²) < 4.78 is 0. The van der Waals surface area contributed by atoms with Gasteiger partial charge in [-0.05, 0) is 39.3 Å². The Balaban J connectivity index is 2.36. The molecule has 0 bridgehead atoms. The molecule has 2 atom stereocenters. The van der Waals surface area contributed by atoms with Crippen LogP contribution in [0.25, 0.3) is 0 Å². The first-order chi connectivity index (χ1) is 5.77. The molecule has 0 aliphatic carbocycles. The van der Waals surface area contributed by atoms with Crippen molar-refractivity contribution in [2.24, 2.45) is 5.92 Å². The third-order valence-corrected chi connectivity index (χ3v) is 2.76. The molecular formula is C10H19NO. The Morgan fingerprint density at radius 1 is 1.58 bits per heavy atom. The molecule has 1 saturated heterocycles. The van der Waals surface area contributed by atoms with Crippen LogP contribution in [-0.2, 0) is 4.79 Å². The van der Waals surface area contributed by atoms with Crippen molar-refractivity contribution in [3.05, 3.63) is 0 Å². The summed E-state index contributed by atoms with van der Waals surface area (Å²) in [5.41, 5.74) is 0. The zero-order valence-corrected chi connectivity index (χ0v) is 8.12. The number of aldehydes is 1. The first-order valence-corrected chi connectivity index (χ1v) is 4.97. The second kappa shape index (κ2) is 4.61. The fourth-order valence-corrected chi connectivity index (χ4v) is 2.00. The van der Waals surface area contributed by atoms with Crippen LogP contribution in [0, 0.1) is 5.92 Å². The van der Waals surface area contributed by atoms with Crippen LogP contribution in [0.1, 0.15) is 33.1 Å². The van der Waals surface area contributed by atoms with Gasteiger partial charge in [-0.1, -0.05) is 6.92 Å². The van der Waals surface area contributed by atoms with Crippen molar-refractivity contribution < 1.29 is 4.79 Å². The summed E-state index contributed by atoms with van der Waals surface area (Å²) in [5.74, 6) is 0.327. The van der Waals surface area contributed by atoms with Crippen molar-refractivity contribution in [3.8, 4) is 0 Å². The molecule has 0 N–H and O–H groups in total. The molecule has 0 radical (unpaired) electrons. The van der Waals surface area contributed by atoms with Gasteiger partial charge in [0.1, 0.15) is 6.29 Å². The molecule has 2 unspecified atom stereocenters. The first kappa shape index (κ1) is 9.72. The van der Waals surface area contributed by atoms with E-state index in [-0.39, 0.29) is 0 Å². The Hall–Kier alpha value is -0.370. The predicted octanol–water partition coefficient (Wildman–Crippen LogP) is 1.70. The fraction of sp³-hybridized carbons (Fsp3) is 0.900. The fourth-order valence-electron chi connectivity index (χ4n) is 2.00. The Morgan fingerprint density at radius 2 is 2.33 bits per heavy atom. The molecule has 2 heteroatoms. The van der Waals surface area contributed by atoms with Gasteiger partial charge in [0.15, 0.2) is 0 Å². The monoisotopic (exact) mass is 169 g/mol. The first-order valence-electron chi connectivity index (χ1n) is 4.97. The van der Waals surface area contributed by atoms with Crippen molar-refractivity contribution in [3.63, 3.8) is 0 Å². The molecule has 1 fully saturated rings. The van der Waals surface area contributed by atoms with E-state index in [2.05, 4.69) is 18.7 Å². The average Bonchev–Trinajstić information content (AvgIpc) is 2.09. The van der Waals surface area contributed by atoms with E-state index in [1.165, 1.54) is 13.0 Å². The van der Waals surface area contributed by atoms with Crippen LogP contribution in [0.15, 0.2) is 0 Å². The molecule has 70 valence electrons. The van der Waals surface area contributed by atoms with E-state index in [1.807, 2.05) is 0 Å². The molecule has 0 aromatic heterocycles. The largest absolute Gasteiger partial charge is 0.303 e. The van der Waals surface area contributed by atoms with Gasteiger partial charge in [-0.25, -0.2) is 0 Å². The van der Waals surface area contributed by atoms with Gasteiger partial charge in [0.25, 0.3) is 0 Å². The molecule has 12 heavy (non-hydrogen) atoms. The predicted molar refractivity (Wildman–Crippen MR) is 50.1 cm³/mol. The van der Waals surface area contributed by atoms with Gasteiger partial charge in [0, 0.05) is 12.0 Å². The number of rotatable bonds is 3. The Morgan fingerprint density at radius 3 is 2.83 bits per heavy atom. The topological polar surface area (TPSA) is 20.3 Å². The number of hydrogen-bond acceptors (Lipinski definition) is 2. The van der Waals surface area contributed by atoms with Gasteiger partial charge in [0.2, 0.25) is 0 Å². The van der Waals surface area contributed by atoms with Crippen LogP contribution in [0.3, 0.4) is 0 Å². The lowest BCUT2D eigenvalue weighted by Gasteiger charge is -2.35. The maximum Gasteiger partial charge on any atom is 0.123 e. The summed E-state index contributed by atoms with van der Waals surface area (Å²) in [5, 5.41) is 0. The number of hydrogen-bond donors (Lipinski definition) is 0. The number of carbonyl (C=O) groups excluding carboxylic acids is 1. The van der Waals surface area contributed by atoms with Crippen LogP contribution in [-0.4, -0.2) is 30.3 Å². The number of nitrogens with zero attached hydrogens (tertiary/aromatic N) is 1. The maximum absolute atomic E-state index is 10.6. The second-order valence-electron chi connectivity index (χ2n) is 3.81. The van der Waals surface area contributed by atoms with Gasteiger partial charge in [-0.2, -0.15) is 0 Å². The summed E-state index contributed by atoms with van der Waals surface area (Å²) in [6, 6.07) is 0.605. The lowest BCUT2D eigenvalue weighted by atomic mass is 9.93. The molecule has 0 amide bonds. The molecule has 1 rings (SSSR count). The second-order valence-corrected chi connectivity index (χ2v) is 3.81. The Bertz CT molecular complexity index is 147. The minimum Gasteiger partial charge on any atom is -0.303 e. The third-order valence-electron chi connectivity index (χ3n) is 2.76. The van der Waals surface area contributed by atoms with Crippen LogP contribution in [0.2, 0.25) is 0 Å². The minimum atomic E-state index is 0.327. The van der Waals surface area contributed by atoms with E-state index in [0.717, 1.165) is 25.7 Å². The SMILES string of the molecule is CCCN1CCC(C=O)CC1C. The summed E-state index contributed by atoms with van der Waals surface area (Å²) in [4.78, 5) is 13.0. The summed E-state index contributed by atoms with van der Waals surface area (Å²) in [7, 11) is 0. The van der Waals surface area contributed by atoms with Crippen molar-refractivity contribution in [2.75, 3.05) is 13.1 Å². The zero-order valence-electron chi connectivity index (χ0n) is 8.12. The van der Waals surface area contributed by atoms with Gasteiger partial charge >= 0.3 is 0 Å². The highest BCUT2D eigenvalue weighted by atomic mass is 16.1. The third kappa shape index (κ3) is 2.31. The minimum absolute atomic E-state index is 0.327. The van der Waals surface area contributed by atoms with Crippen molar-refractivity contribution in [1.29, 1.82) is 0 Å². The highest BCUT2D eigenvalue weighted by Crippen LogP contribution is 2.20. The number of likely N-dealkylation sites (tertiary alicyclic amines) is 1. The summed E-state index contributed by atoms with van der Waals surface area (Å²) in [6.45, 7) is 6.73. The van der Waals surface area contributed by atoms with E-state index in [9.17, 15) is 4.79 Å². The van der Waals surface area contributed by atoms with Crippen LogP contribution in [0.5, 0.6) is 0 Å². The van der Waals surface area contributed by atoms with E-state index in [0.29, 0.717) is 12.0 Å². The lowest BCUT2D eigenvalue weighted by molar-refractivity contribution is -0.112. The van der Waals surface area contributed by atoms with E-state index in [1.54, 1.807) is 0 Å². The molecule has 0 spiro atoms. The standard InChI is InChI=1S/C10H19NO/c1-3-5-11-6-4-10(8-12)7-9(11)2/h8-10H,3-7H2,1-2H3. The van der Waals surface area contributed by atoms with Crippen molar-refractivity contribution in [1.82, 2.24) is 4.90 Å². The van der Waals surface area contributed by atoms with Crippen LogP contribution >= 0.6 is 0 Å². The molecule has 1 aliphatic heterocycles. The normalized spacial score (nSPS) is 31.8. The molecular weight excluding hydrogens is 150 g/mol. The van der Waals surface area contributed by atoms with Gasteiger partial charge in [-0.15, -0.1) is 0 Å². The molecule has 1 aliphatic rings. The lowest BCUT2D eigenvalue weighted by Crippen LogP contribution is -2.41. The quantitative estimate of drug-likeness (QED) is 0.599. The Kier molecular flexibility index (Phi) is 3.73. The van der Waals surface area contributed by atoms with Crippen LogP contribution in [0.4, 0.5) is 0 Å². The van der Waals surface area contributed by atoms with Crippen molar-refractivity contribution >= 4 is 6.29 Å². The van der Waals surface area contributed by atoms with Crippen molar-refractivity contribution in [2.45, 2.75) is 39.2 Å². The molecule has 0 aromatic carbocycles. The smallest absolute Gasteiger partial charge is 0.123 e. The number of piperidine rings is 1. The number of carbonyl (C=O) groups is 1. The average molecular weight is 169 g/mol. The van der Waals surface area contributed by atoms with E-state index < -0.39 is 0 Å². The summed E-state index contributed by atoms with van der Waals surface area (Å²) in [6.07, 6.45) is 4.47. The molecule has 0 aromatic rings.